The molecule has 1 fully saturated rings. The lowest BCUT2D eigenvalue weighted by Crippen LogP contribution is -2.20. The lowest BCUT2D eigenvalue weighted by Gasteiger charge is -2.09. The quantitative estimate of drug-likeness (QED) is 0.919. The third kappa shape index (κ3) is 2.42. The standard InChI is InChI=1S/C16H19N3O2/c1-2-7-13(17-9-5-1)16-18-15(19-21-16)12-10-20-14-8-4-3-6-11(12)14/h3-4,6,8,12-13,17H,1-2,5,7,9-10H2. The SMILES string of the molecule is c1ccc2c(c1)OCC2c1noc(C2CCCCCN2)n1. The van der Waals surface area contributed by atoms with E-state index in [-0.39, 0.29) is 12.0 Å². The molecule has 110 valence electrons. The number of para-hydroxylation sites is 1. The van der Waals surface area contributed by atoms with Crippen LogP contribution in [0.2, 0.25) is 0 Å². The van der Waals surface area contributed by atoms with Gasteiger partial charge in [-0.25, -0.2) is 0 Å². The summed E-state index contributed by atoms with van der Waals surface area (Å²) in [5.74, 6) is 2.48. The van der Waals surface area contributed by atoms with Gasteiger partial charge in [0, 0.05) is 5.56 Å². The molecule has 0 aliphatic carbocycles. The largest absolute Gasteiger partial charge is 0.492 e. The summed E-state index contributed by atoms with van der Waals surface area (Å²) < 4.78 is 11.2. The van der Waals surface area contributed by atoms with Gasteiger partial charge in [-0.2, -0.15) is 4.98 Å². The summed E-state index contributed by atoms with van der Waals surface area (Å²) >= 11 is 0. The van der Waals surface area contributed by atoms with E-state index in [9.17, 15) is 0 Å². The average Bonchev–Trinajstić information content (AvgIpc) is 3.07. The molecule has 0 saturated carbocycles. The van der Waals surface area contributed by atoms with E-state index in [1.54, 1.807) is 0 Å². The van der Waals surface area contributed by atoms with E-state index in [1.165, 1.54) is 19.3 Å². The Morgan fingerprint density at radius 3 is 3.10 bits per heavy atom. The van der Waals surface area contributed by atoms with Crippen molar-refractivity contribution in [3.63, 3.8) is 0 Å². The monoisotopic (exact) mass is 285 g/mol. The highest BCUT2D eigenvalue weighted by molar-refractivity contribution is 5.42. The number of nitrogens with one attached hydrogen (secondary N) is 1. The number of nitrogens with zero attached hydrogens (tertiary/aromatic N) is 2. The average molecular weight is 285 g/mol. The number of benzene rings is 1. The van der Waals surface area contributed by atoms with E-state index >= 15 is 0 Å². The molecule has 2 unspecified atom stereocenters. The van der Waals surface area contributed by atoms with Gasteiger partial charge in [0.1, 0.15) is 12.4 Å². The van der Waals surface area contributed by atoms with Crippen LogP contribution in [0, 0.1) is 0 Å². The van der Waals surface area contributed by atoms with E-state index in [4.69, 9.17) is 9.26 Å². The molecule has 0 amide bonds. The van der Waals surface area contributed by atoms with Crippen LogP contribution < -0.4 is 10.1 Å². The van der Waals surface area contributed by atoms with Crippen LogP contribution in [0.3, 0.4) is 0 Å². The third-order valence-corrected chi connectivity index (χ3v) is 4.33. The molecule has 2 atom stereocenters. The molecule has 1 N–H and O–H groups in total. The first-order valence-electron chi connectivity index (χ1n) is 7.70. The van der Waals surface area contributed by atoms with Crippen molar-refractivity contribution in [3.8, 4) is 5.75 Å². The minimum Gasteiger partial charge on any atom is -0.492 e. The Bertz CT molecular complexity index is 617. The van der Waals surface area contributed by atoms with Crippen LogP contribution in [0.1, 0.15) is 54.9 Å². The molecule has 0 spiro atoms. The fourth-order valence-electron chi connectivity index (χ4n) is 3.15. The van der Waals surface area contributed by atoms with Crippen LogP contribution in [-0.2, 0) is 0 Å². The summed E-state index contributed by atoms with van der Waals surface area (Å²) in [6.07, 6.45) is 4.78. The Labute approximate surface area is 123 Å². The Hall–Kier alpha value is -1.88. The van der Waals surface area contributed by atoms with Gasteiger partial charge in [0.05, 0.1) is 12.0 Å². The molecule has 0 bridgehead atoms. The fraction of sp³-hybridized carbons (Fsp3) is 0.500. The zero-order valence-electron chi connectivity index (χ0n) is 11.9. The number of hydrogen-bond acceptors (Lipinski definition) is 5. The van der Waals surface area contributed by atoms with Crippen molar-refractivity contribution in [2.24, 2.45) is 0 Å². The van der Waals surface area contributed by atoms with Crippen molar-refractivity contribution in [2.45, 2.75) is 37.6 Å². The van der Waals surface area contributed by atoms with Gasteiger partial charge in [-0.05, 0) is 25.5 Å². The molecular weight excluding hydrogens is 266 g/mol. The summed E-state index contributed by atoms with van der Waals surface area (Å²) in [5.41, 5.74) is 1.15. The molecule has 1 aromatic carbocycles. The van der Waals surface area contributed by atoms with Crippen LogP contribution in [-0.4, -0.2) is 23.3 Å². The van der Waals surface area contributed by atoms with E-state index < -0.39 is 0 Å². The van der Waals surface area contributed by atoms with Gasteiger partial charge in [0.25, 0.3) is 0 Å². The molecule has 4 rings (SSSR count). The first kappa shape index (κ1) is 12.8. The van der Waals surface area contributed by atoms with Crippen LogP contribution in [0.4, 0.5) is 0 Å². The zero-order chi connectivity index (χ0) is 14.1. The second-order valence-corrected chi connectivity index (χ2v) is 5.75. The smallest absolute Gasteiger partial charge is 0.243 e. The predicted octanol–water partition coefficient (Wildman–Crippen LogP) is 2.80. The van der Waals surface area contributed by atoms with Crippen molar-refractivity contribution in [2.75, 3.05) is 13.2 Å². The molecule has 5 heteroatoms. The molecule has 2 aromatic rings. The summed E-state index contributed by atoms with van der Waals surface area (Å²) in [5, 5.41) is 7.69. The van der Waals surface area contributed by atoms with Gasteiger partial charge in [-0.3, -0.25) is 0 Å². The maximum Gasteiger partial charge on any atom is 0.243 e. The van der Waals surface area contributed by atoms with E-state index in [0.717, 1.165) is 36.0 Å². The Kier molecular flexibility index (Phi) is 3.35. The summed E-state index contributed by atoms with van der Waals surface area (Å²) in [4.78, 5) is 4.64. The number of ether oxygens (including phenoxy) is 1. The Morgan fingerprint density at radius 1 is 1.14 bits per heavy atom. The second kappa shape index (κ2) is 5.48. The lowest BCUT2D eigenvalue weighted by molar-refractivity contribution is 0.316. The van der Waals surface area contributed by atoms with Crippen molar-refractivity contribution >= 4 is 0 Å². The second-order valence-electron chi connectivity index (χ2n) is 5.75. The Balaban J connectivity index is 1.57. The van der Waals surface area contributed by atoms with Crippen LogP contribution >= 0.6 is 0 Å². The summed E-state index contributed by atoms with van der Waals surface area (Å²) in [6, 6.07) is 8.27. The van der Waals surface area contributed by atoms with Gasteiger partial charge in [-0.15, -0.1) is 0 Å². The highest BCUT2D eigenvalue weighted by Crippen LogP contribution is 2.37. The highest BCUT2D eigenvalue weighted by atomic mass is 16.5. The van der Waals surface area contributed by atoms with E-state index in [2.05, 4.69) is 21.5 Å². The number of fused-ring (bicyclic) bond motifs is 1. The first-order valence-corrected chi connectivity index (χ1v) is 7.70. The van der Waals surface area contributed by atoms with Crippen LogP contribution in [0.25, 0.3) is 0 Å². The van der Waals surface area contributed by atoms with Gasteiger partial charge >= 0.3 is 0 Å². The van der Waals surface area contributed by atoms with Crippen molar-refractivity contribution in [3.05, 3.63) is 41.5 Å². The molecule has 3 heterocycles. The topological polar surface area (TPSA) is 60.2 Å². The predicted molar refractivity (Wildman–Crippen MR) is 77.3 cm³/mol. The van der Waals surface area contributed by atoms with Gasteiger partial charge in [0.2, 0.25) is 5.89 Å². The molecule has 2 aliphatic rings. The van der Waals surface area contributed by atoms with Crippen molar-refractivity contribution in [1.82, 2.24) is 15.5 Å². The Morgan fingerprint density at radius 2 is 2.10 bits per heavy atom. The minimum absolute atomic E-state index is 0.0875. The summed E-state index contributed by atoms with van der Waals surface area (Å²) in [7, 11) is 0. The normalized spacial score (nSPS) is 25.1. The van der Waals surface area contributed by atoms with E-state index in [0.29, 0.717) is 6.61 Å². The molecule has 1 aromatic heterocycles. The molecular formula is C16H19N3O2. The van der Waals surface area contributed by atoms with Gasteiger partial charge < -0.3 is 14.6 Å². The highest BCUT2D eigenvalue weighted by Gasteiger charge is 2.30. The molecule has 5 nitrogen and oxygen atoms in total. The van der Waals surface area contributed by atoms with Crippen molar-refractivity contribution < 1.29 is 9.26 Å². The zero-order valence-corrected chi connectivity index (χ0v) is 11.9. The van der Waals surface area contributed by atoms with Crippen LogP contribution in [0.5, 0.6) is 5.75 Å². The first-order chi connectivity index (χ1) is 10.4. The van der Waals surface area contributed by atoms with Crippen molar-refractivity contribution in [1.29, 1.82) is 0 Å². The maximum absolute atomic E-state index is 5.70. The third-order valence-electron chi connectivity index (χ3n) is 4.33. The minimum atomic E-state index is 0.0875. The number of aromatic nitrogens is 2. The summed E-state index contributed by atoms with van der Waals surface area (Å²) in [6.45, 7) is 1.62. The lowest BCUT2D eigenvalue weighted by atomic mass is 10.0. The van der Waals surface area contributed by atoms with Gasteiger partial charge in [0.15, 0.2) is 5.82 Å². The van der Waals surface area contributed by atoms with E-state index in [1.807, 2.05) is 18.2 Å². The van der Waals surface area contributed by atoms with Crippen LogP contribution in [0.15, 0.2) is 28.8 Å². The fourth-order valence-corrected chi connectivity index (χ4v) is 3.15. The molecule has 0 radical (unpaired) electrons. The molecule has 1 saturated heterocycles. The molecule has 2 aliphatic heterocycles. The van der Waals surface area contributed by atoms with Gasteiger partial charge in [-0.1, -0.05) is 36.2 Å². The maximum atomic E-state index is 5.70. The molecule has 21 heavy (non-hydrogen) atoms. The number of rotatable bonds is 2. The number of hydrogen-bond donors (Lipinski definition) is 1.